The van der Waals surface area contributed by atoms with Gasteiger partial charge < -0.3 is 4.90 Å². The molecule has 0 spiro atoms. The summed E-state index contributed by atoms with van der Waals surface area (Å²) in [7, 11) is 1.94. The molecule has 0 unspecified atom stereocenters. The maximum absolute atomic E-state index is 12.0. The van der Waals surface area contributed by atoms with E-state index in [9.17, 15) is 4.79 Å². The summed E-state index contributed by atoms with van der Waals surface area (Å²) in [5.74, 6) is 0.922. The smallest absolute Gasteiger partial charge is 0.239 e. The Labute approximate surface area is 86.1 Å². The van der Waals surface area contributed by atoms with Crippen LogP contribution < -0.4 is 0 Å². The van der Waals surface area contributed by atoms with Crippen molar-refractivity contribution in [1.82, 2.24) is 9.80 Å². The van der Waals surface area contributed by atoms with Crippen LogP contribution in [0.1, 0.15) is 26.7 Å². The van der Waals surface area contributed by atoms with Crippen LogP contribution in [0.25, 0.3) is 0 Å². The van der Waals surface area contributed by atoms with Crippen molar-refractivity contribution in [1.29, 1.82) is 0 Å². The van der Waals surface area contributed by atoms with Crippen molar-refractivity contribution < 1.29 is 4.79 Å². The molecular formula is C11H20N2O. The van der Waals surface area contributed by atoms with Gasteiger partial charge in [-0.05, 0) is 32.2 Å². The molecule has 3 atom stereocenters. The highest BCUT2D eigenvalue weighted by Gasteiger charge is 2.40. The lowest BCUT2D eigenvalue weighted by Crippen LogP contribution is -2.43. The number of nitrogens with zero attached hydrogens (tertiary/aromatic N) is 2. The van der Waals surface area contributed by atoms with E-state index in [0.717, 1.165) is 19.5 Å². The van der Waals surface area contributed by atoms with Gasteiger partial charge in [0.2, 0.25) is 5.91 Å². The molecule has 0 saturated carbocycles. The fraction of sp³-hybridized carbons (Fsp3) is 0.909. The molecule has 2 aliphatic heterocycles. The van der Waals surface area contributed by atoms with Crippen molar-refractivity contribution in [3.63, 3.8) is 0 Å². The molecule has 2 aliphatic rings. The third kappa shape index (κ3) is 1.44. The van der Waals surface area contributed by atoms with Gasteiger partial charge in [0, 0.05) is 19.6 Å². The molecule has 0 N–H and O–H groups in total. The molecule has 0 aromatic rings. The molecule has 2 fully saturated rings. The molecule has 0 bridgehead atoms. The summed E-state index contributed by atoms with van der Waals surface area (Å²) in [4.78, 5) is 16.3. The molecule has 1 amide bonds. The zero-order valence-electron chi connectivity index (χ0n) is 9.36. The molecule has 3 heteroatoms. The van der Waals surface area contributed by atoms with Gasteiger partial charge in [0.1, 0.15) is 0 Å². The summed E-state index contributed by atoms with van der Waals surface area (Å²) in [5, 5.41) is 0. The second kappa shape index (κ2) is 3.54. The van der Waals surface area contributed by atoms with Crippen LogP contribution in [0.2, 0.25) is 0 Å². The average Bonchev–Trinajstić information content (AvgIpc) is 2.60. The van der Waals surface area contributed by atoms with Crippen molar-refractivity contribution in [2.75, 3.05) is 20.1 Å². The first-order valence-corrected chi connectivity index (χ1v) is 5.62. The quantitative estimate of drug-likeness (QED) is 0.576. The van der Waals surface area contributed by atoms with Gasteiger partial charge in [0.05, 0.1) is 6.04 Å². The minimum atomic E-state index is 0.181. The standard InChI is InChI=1S/C11H20N2O/c1-8-7-12(3)11(14)10-5-4-6-13(10)9(8)2/h8-10H,4-7H2,1-3H3/t8-,9-,10+/m1/s1. The van der Waals surface area contributed by atoms with E-state index in [4.69, 9.17) is 0 Å². The van der Waals surface area contributed by atoms with E-state index in [1.165, 1.54) is 6.42 Å². The highest BCUT2D eigenvalue weighted by atomic mass is 16.2. The Bertz CT molecular complexity index is 241. The lowest BCUT2D eigenvalue weighted by atomic mass is 10.0. The number of amides is 1. The van der Waals surface area contributed by atoms with Crippen LogP contribution >= 0.6 is 0 Å². The van der Waals surface area contributed by atoms with Gasteiger partial charge in [-0.3, -0.25) is 9.69 Å². The van der Waals surface area contributed by atoms with E-state index in [1.54, 1.807) is 0 Å². The number of likely N-dealkylation sites (N-methyl/N-ethyl adjacent to an activating group) is 1. The molecule has 2 heterocycles. The maximum atomic E-state index is 12.0. The van der Waals surface area contributed by atoms with Gasteiger partial charge in [-0.1, -0.05) is 6.92 Å². The van der Waals surface area contributed by atoms with E-state index in [0.29, 0.717) is 17.9 Å². The first kappa shape index (κ1) is 9.97. The van der Waals surface area contributed by atoms with Crippen molar-refractivity contribution in [3.05, 3.63) is 0 Å². The fourth-order valence-electron chi connectivity index (χ4n) is 2.80. The van der Waals surface area contributed by atoms with Gasteiger partial charge in [0.15, 0.2) is 0 Å². The Morgan fingerprint density at radius 1 is 1.36 bits per heavy atom. The van der Waals surface area contributed by atoms with E-state index >= 15 is 0 Å². The molecule has 14 heavy (non-hydrogen) atoms. The molecule has 0 aromatic heterocycles. The Morgan fingerprint density at radius 3 is 2.79 bits per heavy atom. The SMILES string of the molecule is C[C@@H]1CN(C)C(=O)[C@@H]2CCCN2[C@@H]1C. The molecule has 80 valence electrons. The summed E-state index contributed by atoms with van der Waals surface area (Å²) in [6, 6.07) is 0.733. The summed E-state index contributed by atoms with van der Waals surface area (Å²) in [6.45, 7) is 6.52. The highest BCUT2D eigenvalue weighted by Crippen LogP contribution is 2.28. The molecule has 0 aromatic carbocycles. The van der Waals surface area contributed by atoms with Crippen LogP contribution in [0.4, 0.5) is 0 Å². The topological polar surface area (TPSA) is 23.6 Å². The van der Waals surface area contributed by atoms with Crippen molar-refractivity contribution in [3.8, 4) is 0 Å². The van der Waals surface area contributed by atoms with Gasteiger partial charge in [-0.25, -0.2) is 0 Å². The van der Waals surface area contributed by atoms with Crippen molar-refractivity contribution in [2.45, 2.75) is 38.8 Å². The molecule has 3 nitrogen and oxygen atoms in total. The summed E-state index contributed by atoms with van der Waals surface area (Å²) in [5.41, 5.74) is 0. The maximum Gasteiger partial charge on any atom is 0.239 e. The fourth-order valence-corrected chi connectivity index (χ4v) is 2.80. The first-order chi connectivity index (χ1) is 6.61. The molecule has 0 radical (unpaired) electrons. The van der Waals surface area contributed by atoms with Crippen LogP contribution in [0.3, 0.4) is 0 Å². The van der Waals surface area contributed by atoms with Gasteiger partial charge in [-0.2, -0.15) is 0 Å². The first-order valence-electron chi connectivity index (χ1n) is 5.62. The predicted octanol–water partition coefficient (Wildman–Crippen LogP) is 0.947. The average molecular weight is 196 g/mol. The minimum Gasteiger partial charge on any atom is -0.344 e. The lowest BCUT2D eigenvalue weighted by molar-refractivity contribution is -0.133. The van der Waals surface area contributed by atoms with Gasteiger partial charge in [-0.15, -0.1) is 0 Å². The van der Waals surface area contributed by atoms with Crippen LogP contribution in [-0.2, 0) is 4.79 Å². The lowest BCUT2D eigenvalue weighted by Gasteiger charge is -2.29. The molecule has 2 rings (SSSR count). The summed E-state index contributed by atoms with van der Waals surface area (Å²) in [6.07, 6.45) is 2.24. The monoisotopic (exact) mass is 196 g/mol. The van der Waals surface area contributed by atoms with Crippen LogP contribution in [0.15, 0.2) is 0 Å². The normalized spacial score (nSPS) is 39.8. The van der Waals surface area contributed by atoms with Gasteiger partial charge in [0.25, 0.3) is 0 Å². The number of carbonyl (C=O) groups is 1. The molecule has 0 aliphatic carbocycles. The zero-order valence-corrected chi connectivity index (χ0v) is 9.36. The van der Waals surface area contributed by atoms with Crippen molar-refractivity contribution >= 4 is 5.91 Å². The number of fused-ring (bicyclic) bond motifs is 1. The van der Waals surface area contributed by atoms with Crippen LogP contribution in [0.5, 0.6) is 0 Å². The van der Waals surface area contributed by atoms with Crippen LogP contribution in [-0.4, -0.2) is 47.9 Å². The summed E-state index contributed by atoms with van der Waals surface area (Å²) >= 11 is 0. The number of carbonyl (C=O) groups excluding carboxylic acids is 1. The Kier molecular flexibility index (Phi) is 2.52. The highest BCUT2D eigenvalue weighted by molar-refractivity contribution is 5.82. The number of rotatable bonds is 0. The minimum absolute atomic E-state index is 0.181. The Morgan fingerprint density at radius 2 is 2.07 bits per heavy atom. The van der Waals surface area contributed by atoms with E-state index < -0.39 is 0 Å². The number of hydrogen-bond acceptors (Lipinski definition) is 2. The second-order valence-corrected chi connectivity index (χ2v) is 4.83. The Hall–Kier alpha value is -0.570. The Balaban J connectivity index is 2.24. The predicted molar refractivity (Wildman–Crippen MR) is 56.0 cm³/mol. The second-order valence-electron chi connectivity index (χ2n) is 4.83. The van der Waals surface area contributed by atoms with Crippen molar-refractivity contribution in [2.24, 2.45) is 5.92 Å². The van der Waals surface area contributed by atoms with E-state index in [1.807, 2.05) is 11.9 Å². The molecular weight excluding hydrogens is 176 g/mol. The molecule has 2 saturated heterocycles. The zero-order chi connectivity index (χ0) is 10.3. The summed E-state index contributed by atoms with van der Waals surface area (Å²) < 4.78 is 0. The van der Waals surface area contributed by atoms with Crippen LogP contribution in [0, 0.1) is 5.92 Å². The third-order valence-electron chi connectivity index (χ3n) is 3.86. The van der Waals surface area contributed by atoms with E-state index in [-0.39, 0.29) is 6.04 Å². The largest absolute Gasteiger partial charge is 0.344 e. The number of hydrogen-bond donors (Lipinski definition) is 0. The van der Waals surface area contributed by atoms with E-state index in [2.05, 4.69) is 18.7 Å². The van der Waals surface area contributed by atoms with Gasteiger partial charge >= 0.3 is 0 Å². The third-order valence-corrected chi connectivity index (χ3v) is 3.86.